The van der Waals surface area contributed by atoms with E-state index < -0.39 is 0 Å². The van der Waals surface area contributed by atoms with E-state index in [2.05, 4.69) is 10.2 Å². The molecule has 0 saturated carbocycles. The Bertz CT molecular complexity index is 1020. The first-order valence-corrected chi connectivity index (χ1v) is 11.0. The van der Waals surface area contributed by atoms with E-state index in [0.29, 0.717) is 31.3 Å². The molecule has 0 radical (unpaired) electrons. The van der Waals surface area contributed by atoms with Crippen molar-refractivity contribution < 1.29 is 14.3 Å². The monoisotopic (exact) mass is 424 g/mol. The maximum absolute atomic E-state index is 12.6. The maximum Gasteiger partial charge on any atom is 0.234 e. The smallest absolute Gasteiger partial charge is 0.234 e. The van der Waals surface area contributed by atoms with Crippen LogP contribution in [-0.4, -0.2) is 54.5 Å². The number of thioether (sulfide) groups is 1. The second-order valence-corrected chi connectivity index (χ2v) is 7.67. The Kier molecular flexibility index (Phi) is 6.66. The van der Waals surface area contributed by atoms with E-state index in [1.807, 2.05) is 55.5 Å². The van der Waals surface area contributed by atoms with Crippen molar-refractivity contribution in [2.45, 2.75) is 11.9 Å². The van der Waals surface area contributed by atoms with Crippen LogP contribution in [0.1, 0.15) is 6.92 Å². The zero-order valence-electron chi connectivity index (χ0n) is 16.8. The molecule has 1 aliphatic heterocycles. The van der Waals surface area contributed by atoms with Gasteiger partial charge in [-0.1, -0.05) is 36.0 Å². The average Bonchev–Trinajstić information content (AvgIpc) is 2.79. The van der Waals surface area contributed by atoms with Gasteiger partial charge in [0.05, 0.1) is 42.3 Å². The van der Waals surface area contributed by atoms with Crippen molar-refractivity contribution in [3.63, 3.8) is 0 Å². The molecule has 2 heterocycles. The van der Waals surface area contributed by atoms with Gasteiger partial charge in [0.25, 0.3) is 0 Å². The molecular formula is C22H24N4O3S. The number of carbonyl (C=O) groups excluding carboxylic acids is 1. The second kappa shape index (κ2) is 9.77. The summed E-state index contributed by atoms with van der Waals surface area (Å²) in [6, 6.07) is 15.2. The van der Waals surface area contributed by atoms with Gasteiger partial charge >= 0.3 is 0 Å². The van der Waals surface area contributed by atoms with Crippen LogP contribution in [0, 0.1) is 0 Å². The number of amides is 1. The Balaban J connectivity index is 1.52. The summed E-state index contributed by atoms with van der Waals surface area (Å²) in [4.78, 5) is 24.4. The number of nitrogens with one attached hydrogen (secondary N) is 1. The minimum atomic E-state index is -0.116. The van der Waals surface area contributed by atoms with Gasteiger partial charge in [0, 0.05) is 13.1 Å². The average molecular weight is 425 g/mol. The van der Waals surface area contributed by atoms with E-state index >= 15 is 0 Å². The number of ether oxygens (including phenoxy) is 2. The molecule has 0 aliphatic carbocycles. The number of morpholine rings is 1. The van der Waals surface area contributed by atoms with Gasteiger partial charge in [0.1, 0.15) is 10.8 Å². The highest BCUT2D eigenvalue weighted by Crippen LogP contribution is 2.30. The van der Waals surface area contributed by atoms with E-state index in [-0.39, 0.29) is 11.7 Å². The third-order valence-electron chi connectivity index (χ3n) is 4.63. The molecule has 3 aromatic rings. The Morgan fingerprint density at radius 1 is 1.10 bits per heavy atom. The zero-order chi connectivity index (χ0) is 20.8. The predicted molar refractivity (Wildman–Crippen MR) is 120 cm³/mol. The molecular weight excluding hydrogens is 400 g/mol. The summed E-state index contributed by atoms with van der Waals surface area (Å²) in [5.74, 6) is 1.59. The topological polar surface area (TPSA) is 76.6 Å². The van der Waals surface area contributed by atoms with Gasteiger partial charge < -0.3 is 19.7 Å². The Hall–Kier alpha value is -2.84. The molecule has 7 nitrogen and oxygen atoms in total. The van der Waals surface area contributed by atoms with Crippen LogP contribution in [0.3, 0.4) is 0 Å². The standard InChI is InChI=1S/C22H24N4O3S/c1-2-29-19-10-6-5-9-18(19)23-20(27)15-30-22-21(26-11-13-28-14-12-26)24-16-7-3-4-8-17(16)25-22/h3-10H,2,11-15H2,1H3,(H,23,27). The van der Waals surface area contributed by atoms with Crippen LogP contribution in [0.2, 0.25) is 0 Å². The SMILES string of the molecule is CCOc1ccccc1NC(=O)CSc1nc2ccccc2nc1N1CCOCC1. The minimum Gasteiger partial charge on any atom is -0.492 e. The maximum atomic E-state index is 12.6. The summed E-state index contributed by atoms with van der Waals surface area (Å²) >= 11 is 1.39. The van der Waals surface area contributed by atoms with Gasteiger partial charge in [0.15, 0.2) is 5.82 Å². The summed E-state index contributed by atoms with van der Waals surface area (Å²) in [6.45, 7) is 5.29. The van der Waals surface area contributed by atoms with Crippen molar-refractivity contribution in [3.8, 4) is 5.75 Å². The molecule has 8 heteroatoms. The molecule has 1 aromatic heterocycles. The first-order chi connectivity index (χ1) is 14.7. The summed E-state index contributed by atoms with van der Waals surface area (Å²) in [5.41, 5.74) is 2.33. The van der Waals surface area contributed by atoms with Crippen LogP contribution >= 0.6 is 11.8 Å². The van der Waals surface area contributed by atoms with E-state index in [1.54, 1.807) is 0 Å². The highest BCUT2D eigenvalue weighted by Gasteiger charge is 2.20. The minimum absolute atomic E-state index is 0.116. The summed E-state index contributed by atoms with van der Waals surface area (Å²) in [6.07, 6.45) is 0. The first-order valence-electron chi connectivity index (χ1n) is 9.98. The molecule has 0 spiro atoms. The van der Waals surface area contributed by atoms with Gasteiger partial charge in [-0.2, -0.15) is 0 Å². The number of anilines is 2. The quantitative estimate of drug-likeness (QED) is 0.581. The van der Waals surface area contributed by atoms with Gasteiger partial charge in [-0.15, -0.1) is 0 Å². The van der Waals surface area contributed by atoms with Crippen LogP contribution in [-0.2, 0) is 9.53 Å². The molecule has 4 rings (SSSR count). The molecule has 1 amide bonds. The Morgan fingerprint density at radius 2 is 1.80 bits per heavy atom. The number of hydrogen-bond acceptors (Lipinski definition) is 7. The summed E-state index contributed by atoms with van der Waals surface area (Å²) < 4.78 is 11.1. The largest absolute Gasteiger partial charge is 0.492 e. The fourth-order valence-electron chi connectivity index (χ4n) is 3.22. The second-order valence-electron chi connectivity index (χ2n) is 6.71. The van der Waals surface area contributed by atoms with Crippen LogP contribution < -0.4 is 15.0 Å². The zero-order valence-corrected chi connectivity index (χ0v) is 17.7. The number of aromatic nitrogens is 2. The van der Waals surface area contributed by atoms with Gasteiger partial charge in [-0.05, 0) is 31.2 Å². The lowest BCUT2D eigenvalue weighted by Gasteiger charge is -2.29. The van der Waals surface area contributed by atoms with E-state index in [0.717, 1.165) is 35.0 Å². The lowest BCUT2D eigenvalue weighted by atomic mass is 10.3. The Labute approximate surface area is 179 Å². The summed E-state index contributed by atoms with van der Waals surface area (Å²) in [7, 11) is 0. The van der Waals surface area contributed by atoms with Crippen LogP contribution in [0.5, 0.6) is 5.75 Å². The molecule has 0 unspecified atom stereocenters. The van der Waals surface area contributed by atoms with Crippen LogP contribution in [0.15, 0.2) is 53.6 Å². The third-order valence-corrected chi connectivity index (χ3v) is 5.59. The first kappa shape index (κ1) is 20.4. The molecule has 1 aliphatic rings. The molecule has 156 valence electrons. The van der Waals surface area contributed by atoms with Gasteiger partial charge in [0.2, 0.25) is 5.91 Å². The molecule has 2 aromatic carbocycles. The molecule has 1 fully saturated rings. The fourth-order valence-corrected chi connectivity index (χ4v) is 4.03. The fraction of sp³-hybridized carbons (Fsp3) is 0.318. The summed E-state index contributed by atoms with van der Waals surface area (Å²) in [5, 5.41) is 3.69. The number of hydrogen-bond donors (Lipinski definition) is 1. The van der Waals surface area contributed by atoms with E-state index in [4.69, 9.17) is 19.4 Å². The molecule has 1 N–H and O–H groups in total. The van der Waals surface area contributed by atoms with Crippen LogP contribution in [0.4, 0.5) is 11.5 Å². The van der Waals surface area contributed by atoms with E-state index in [1.165, 1.54) is 11.8 Å². The number of benzene rings is 2. The number of carbonyl (C=O) groups is 1. The number of para-hydroxylation sites is 4. The van der Waals surface area contributed by atoms with Crippen molar-refractivity contribution in [2.24, 2.45) is 0 Å². The lowest BCUT2D eigenvalue weighted by Crippen LogP contribution is -2.37. The lowest BCUT2D eigenvalue weighted by molar-refractivity contribution is -0.113. The molecule has 0 bridgehead atoms. The third kappa shape index (κ3) is 4.83. The predicted octanol–water partition coefficient (Wildman–Crippen LogP) is 3.60. The van der Waals surface area contributed by atoms with E-state index in [9.17, 15) is 4.79 Å². The molecule has 1 saturated heterocycles. The van der Waals surface area contributed by atoms with Crippen molar-refractivity contribution in [3.05, 3.63) is 48.5 Å². The number of nitrogens with zero attached hydrogens (tertiary/aromatic N) is 3. The number of fused-ring (bicyclic) bond motifs is 1. The van der Waals surface area contributed by atoms with Crippen molar-refractivity contribution in [2.75, 3.05) is 48.9 Å². The van der Waals surface area contributed by atoms with Crippen molar-refractivity contribution in [1.82, 2.24) is 9.97 Å². The highest BCUT2D eigenvalue weighted by molar-refractivity contribution is 8.00. The Morgan fingerprint density at radius 3 is 2.57 bits per heavy atom. The highest BCUT2D eigenvalue weighted by atomic mass is 32.2. The van der Waals surface area contributed by atoms with Gasteiger partial charge in [-0.3, -0.25) is 4.79 Å². The van der Waals surface area contributed by atoms with Crippen molar-refractivity contribution >= 4 is 40.2 Å². The van der Waals surface area contributed by atoms with Crippen molar-refractivity contribution in [1.29, 1.82) is 0 Å². The number of rotatable bonds is 7. The van der Waals surface area contributed by atoms with Gasteiger partial charge in [-0.25, -0.2) is 9.97 Å². The molecule has 30 heavy (non-hydrogen) atoms. The normalized spacial score (nSPS) is 14.0. The molecule has 0 atom stereocenters. The van der Waals surface area contributed by atoms with Crippen LogP contribution in [0.25, 0.3) is 11.0 Å².